The van der Waals surface area contributed by atoms with Gasteiger partial charge in [0.05, 0.1) is 12.4 Å². The van der Waals surface area contributed by atoms with Crippen LogP contribution in [0.2, 0.25) is 0 Å². The lowest BCUT2D eigenvalue weighted by atomic mass is 10.3. The second-order valence-electron chi connectivity index (χ2n) is 4.39. The van der Waals surface area contributed by atoms with Crippen molar-refractivity contribution in [3.8, 4) is 5.75 Å². The Hall–Kier alpha value is -1.97. The Kier molecular flexibility index (Phi) is 4.23. The van der Waals surface area contributed by atoms with Gasteiger partial charge in [-0.15, -0.1) is 0 Å². The van der Waals surface area contributed by atoms with Gasteiger partial charge in [0.15, 0.2) is 5.75 Å². The van der Waals surface area contributed by atoms with Gasteiger partial charge in [0, 0.05) is 18.3 Å². The number of para-hydroxylation sites is 1. The fraction of sp³-hybridized carbons (Fsp3) is 0.357. The van der Waals surface area contributed by atoms with Crippen molar-refractivity contribution in [2.24, 2.45) is 0 Å². The fourth-order valence-electron chi connectivity index (χ4n) is 1.60. The summed E-state index contributed by atoms with van der Waals surface area (Å²) < 4.78 is 7.50. The summed E-state index contributed by atoms with van der Waals surface area (Å²) in [6.45, 7) is 5.58. The SMILES string of the molecule is CC(C)n1cc(OCCNc2ccccc2)cn1. The molecule has 1 heterocycles. The molecular weight excluding hydrogens is 226 g/mol. The average molecular weight is 245 g/mol. The Morgan fingerprint density at radius 2 is 2.06 bits per heavy atom. The van der Waals surface area contributed by atoms with Gasteiger partial charge in [-0.05, 0) is 26.0 Å². The first-order valence-electron chi connectivity index (χ1n) is 6.21. The van der Waals surface area contributed by atoms with E-state index < -0.39 is 0 Å². The number of rotatable bonds is 6. The third-order valence-corrected chi connectivity index (χ3v) is 2.58. The van der Waals surface area contributed by atoms with Crippen molar-refractivity contribution >= 4 is 5.69 Å². The number of benzene rings is 1. The van der Waals surface area contributed by atoms with Crippen LogP contribution in [0.15, 0.2) is 42.7 Å². The number of nitrogens with one attached hydrogen (secondary N) is 1. The van der Waals surface area contributed by atoms with Gasteiger partial charge < -0.3 is 10.1 Å². The highest BCUT2D eigenvalue weighted by Crippen LogP contribution is 2.12. The summed E-state index contributed by atoms with van der Waals surface area (Å²) in [6, 6.07) is 10.5. The molecule has 0 aliphatic rings. The Morgan fingerprint density at radius 1 is 1.28 bits per heavy atom. The maximum Gasteiger partial charge on any atom is 0.157 e. The van der Waals surface area contributed by atoms with Crippen LogP contribution >= 0.6 is 0 Å². The van der Waals surface area contributed by atoms with E-state index in [0.717, 1.165) is 18.0 Å². The first-order valence-corrected chi connectivity index (χ1v) is 6.21. The predicted molar refractivity (Wildman–Crippen MR) is 73.0 cm³/mol. The number of ether oxygens (including phenoxy) is 1. The van der Waals surface area contributed by atoms with Crippen molar-refractivity contribution in [2.45, 2.75) is 19.9 Å². The molecule has 4 nitrogen and oxygen atoms in total. The number of nitrogens with zero attached hydrogens (tertiary/aromatic N) is 2. The molecule has 0 spiro atoms. The van der Waals surface area contributed by atoms with Crippen LogP contribution in [0, 0.1) is 0 Å². The third-order valence-electron chi connectivity index (χ3n) is 2.58. The van der Waals surface area contributed by atoms with Gasteiger partial charge in [-0.2, -0.15) is 5.10 Å². The third kappa shape index (κ3) is 3.52. The molecule has 0 saturated heterocycles. The largest absolute Gasteiger partial charge is 0.488 e. The van der Waals surface area contributed by atoms with Gasteiger partial charge in [0.1, 0.15) is 6.61 Å². The molecule has 0 unspecified atom stereocenters. The van der Waals surface area contributed by atoms with E-state index in [4.69, 9.17) is 4.74 Å². The molecule has 0 aliphatic carbocycles. The van der Waals surface area contributed by atoms with E-state index in [1.165, 1.54) is 0 Å². The highest BCUT2D eigenvalue weighted by atomic mass is 16.5. The molecule has 0 bridgehead atoms. The topological polar surface area (TPSA) is 39.1 Å². The zero-order valence-electron chi connectivity index (χ0n) is 10.8. The van der Waals surface area contributed by atoms with Gasteiger partial charge in [-0.25, -0.2) is 0 Å². The first kappa shape index (κ1) is 12.5. The van der Waals surface area contributed by atoms with E-state index in [0.29, 0.717) is 12.6 Å². The molecule has 0 saturated carbocycles. The predicted octanol–water partition coefficient (Wildman–Crippen LogP) is 2.95. The van der Waals surface area contributed by atoms with E-state index in [1.54, 1.807) is 6.20 Å². The van der Waals surface area contributed by atoms with E-state index in [2.05, 4.69) is 24.3 Å². The molecule has 0 amide bonds. The summed E-state index contributed by atoms with van der Waals surface area (Å²) in [5.74, 6) is 0.818. The number of anilines is 1. The molecule has 1 aromatic heterocycles. The Labute approximate surface area is 108 Å². The zero-order valence-corrected chi connectivity index (χ0v) is 10.8. The van der Waals surface area contributed by atoms with E-state index >= 15 is 0 Å². The maximum absolute atomic E-state index is 5.61. The van der Waals surface area contributed by atoms with E-state index in [1.807, 2.05) is 41.2 Å². The molecular formula is C14H19N3O. The molecule has 1 N–H and O–H groups in total. The molecule has 0 radical (unpaired) electrons. The van der Waals surface area contributed by atoms with Crippen molar-refractivity contribution < 1.29 is 4.74 Å². The van der Waals surface area contributed by atoms with Crippen molar-refractivity contribution in [1.82, 2.24) is 9.78 Å². The minimum Gasteiger partial charge on any atom is -0.488 e. The monoisotopic (exact) mass is 245 g/mol. The summed E-state index contributed by atoms with van der Waals surface area (Å²) >= 11 is 0. The summed E-state index contributed by atoms with van der Waals surface area (Å²) in [4.78, 5) is 0. The molecule has 18 heavy (non-hydrogen) atoms. The standard InChI is InChI=1S/C14H19N3O/c1-12(2)17-11-14(10-16-17)18-9-8-15-13-6-4-3-5-7-13/h3-7,10-12,15H,8-9H2,1-2H3. The number of hydrogen-bond donors (Lipinski definition) is 1. The quantitative estimate of drug-likeness (QED) is 0.795. The Balaban J connectivity index is 1.72. The zero-order chi connectivity index (χ0) is 12.8. The smallest absolute Gasteiger partial charge is 0.157 e. The lowest BCUT2D eigenvalue weighted by Crippen LogP contribution is -2.11. The van der Waals surface area contributed by atoms with E-state index in [9.17, 15) is 0 Å². The Bertz CT molecular complexity index is 465. The fourth-order valence-corrected chi connectivity index (χ4v) is 1.60. The average Bonchev–Trinajstić information content (AvgIpc) is 2.85. The highest BCUT2D eigenvalue weighted by Gasteiger charge is 2.01. The van der Waals surface area contributed by atoms with Crippen molar-refractivity contribution in [3.63, 3.8) is 0 Å². The summed E-state index contributed by atoms with van der Waals surface area (Å²) in [7, 11) is 0. The van der Waals surface area contributed by atoms with Crippen LogP contribution < -0.4 is 10.1 Å². The van der Waals surface area contributed by atoms with Gasteiger partial charge in [-0.1, -0.05) is 18.2 Å². The summed E-state index contributed by atoms with van der Waals surface area (Å²) in [6.07, 6.45) is 3.68. The van der Waals surface area contributed by atoms with Crippen LogP contribution in [0.25, 0.3) is 0 Å². The molecule has 2 rings (SSSR count). The van der Waals surface area contributed by atoms with Crippen molar-refractivity contribution in [1.29, 1.82) is 0 Å². The molecule has 0 atom stereocenters. The minimum absolute atomic E-state index is 0.366. The summed E-state index contributed by atoms with van der Waals surface area (Å²) in [5, 5.41) is 7.52. The van der Waals surface area contributed by atoms with Crippen LogP contribution in [-0.2, 0) is 0 Å². The van der Waals surface area contributed by atoms with Crippen molar-refractivity contribution in [2.75, 3.05) is 18.5 Å². The van der Waals surface area contributed by atoms with Crippen LogP contribution in [-0.4, -0.2) is 22.9 Å². The molecule has 0 fully saturated rings. The molecule has 0 aliphatic heterocycles. The maximum atomic E-state index is 5.61. The van der Waals surface area contributed by atoms with Crippen LogP contribution in [0.4, 0.5) is 5.69 Å². The highest BCUT2D eigenvalue weighted by molar-refractivity contribution is 5.42. The van der Waals surface area contributed by atoms with Gasteiger partial charge in [0.25, 0.3) is 0 Å². The normalized spacial score (nSPS) is 10.6. The van der Waals surface area contributed by atoms with Gasteiger partial charge in [-0.3, -0.25) is 4.68 Å². The first-order chi connectivity index (χ1) is 8.75. The minimum atomic E-state index is 0.366. The second kappa shape index (κ2) is 6.10. The van der Waals surface area contributed by atoms with Gasteiger partial charge >= 0.3 is 0 Å². The summed E-state index contributed by atoms with van der Waals surface area (Å²) in [5.41, 5.74) is 1.11. The van der Waals surface area contributed by atoms with Gasteiger partial charge in [0.2, 0.25) is 0 Å². The van der Waals surface area contributed by atoms with E-state index in [-0.39, 0.29) is 0 Å². The number of aromatic nitrogens is 2. The Morgan fingerprint density at radius 3 is 2.72 bits per heavy atom. The number of hydrogen-bond acceptors (Lipinski definition) is 3. The molecule has 4 heteroatoms. The van der Waals surface area contributed by atoms with Crippen LogP contribution in [0.1, 0.15) is 19.9 Å². The lowest BCUT2D eigenvalue weighted by Gasteiger charge is -2.07. The molecule has 96 valence electrons. The molecule has 2 aromatic rings. The van der Waals surface area contributed by atoms with Crippen LogP contribution in [0.5, 0.6) is 5.75 Å². The lowest BCUT2D eigenvalue weighted by molar-refractivity contribution is 0.332. The van der Waals surface area contributed by atoms with Crippen LogP contribution in [0.3, 0.4) is 0 Å². The van der Waals surface area contributed by atoms with Crippen molar-refractivity contribution in [3.05, 3.63) is 42.7 Å². The molecule has 1 aromatic carbocycles. The second-order valence-corrected chi connectivity index (χ2v) is 4.39.